The molecule has 3 aromatic rings. The Morgan fingerprint density at radius 1 is 0.833 bits per heavy atom. The van der Waals surface area contributed by atoms with E-state index in [0.717, 1.165) is 28.2 Å². The number of hydrogen-bond acceptors (Lipinski definition) is 5. The van der Waals surface area contributed by atoms with E-state index in [1.54, 1.807) is 14.2 Å². The van der Waals surface area contributed by atoms with E-state index in [-0.39, 0.29) is 5.91 Å². The molecule has 7 heteroatoms. The van der Waals surface area contributed by atoms with E-state index in [0.29, 0.717) is 38.9 Å². The van der Waals surface area contributed by atoms with Crippen LogP contribution in [0.1, 0.15) is 29.5 Å². The van der Waals surface area contributed by atoms with Crippen molar-refractivity contribution in [3.63, 3.8) is 0 Å². The van der Waals surface area contributed by atoms with Gasteiger partial charge in [0, 0.05) is 32.5 Å². The lowest BCUT2D eigenvalue weighted by Gasteiger charge is -2.41. The molecule has 1 aliphatic heterocycles. The number of carbonyl (C=O) groups excluding carboxylic acids is 2. The van der Waals surface area contributed by atoms with E-state index in [2.05, 4.69) is 5.32 Å². The predicted molar refractivity (Wildman–Crippen MR) is 137 cm³/mol. The van der Waals surface area contributed by atoms with Gasteiger partial charge in [-0.3, -0.25) is 4.79 Å². The first-order valence-electron chi connectivity index (χ1n) is 12.1. The van der Waals surface area contributed by atoms with Gasteiger partial charge >= 0.3 is 6.09 Å². The van der Waals surface area contributed by atoms with Crippen LogP contribution in [0.25, 0.3) is 0 Å². The van der Waals surface area contributed by atoms with E-state index in [4.69, 9.17) is 14.2 Å². The van der Waals surface area contributed by atoms with E-state index in [9.17, 15) is 9.59 Å². The van der Waals surface area contributed by atoms with Crippen molar-refractivity contribution >= 4 is 12.0 Å². The second-order valence-electron chi connectivity index (χ2n) is 8.86. The fraction of sp³-hybridized carbons (Fsp3) is 0.310. The van der Waals surface area contributed by atoms with Crippen molar-refractivity contribution in [1.29, 1.82) is 0 Å². The molecule has 1 N–H and O–H groups in total. The van der Waals surface area contributed by atoms with Crippen LogP contribution in [0, 0.1) is 0 Å². The summed E-state index contributed by atoms with van der Waals surface area (Å²) in [6.45, 7) is 1.35. The number of piperidine rings is 1. The SMILES string of the molecule is COc1ccc(CNC(=O)OC2(c3ccccc3)CCN(C(=O)Cc3cccc(OC)c3)CC2)cc1. The first-order chi connectivity index (χ1) is 17.5. The second kappa shape index (κ2) is 11.6. The first-order valence-corrected chi connectivity index (χ1v) is 12.1. The van der Waals surface area contributed by atoms with Gasteiger partial charge in [0.05, 0.1) is 20.6 Å². The zero-order valence-electron chi connectivity index (χ0n) is 20.7. The van der Waals surface area contributed by atoms with Crippen LogP contribution in [-0.2, 0) is 28.1 Å². The van der Waals surface area contributed by atoms with Crippen molar-refractivity contribution in [2.75, 3.05) is 27.3 Å². The van der Waals surface area contributed by atoms with Gasteiger partial charge in [-0.15, -0.1) is 0 Å². The quantitative estimate of drug-likeness (QED) is 0.498. The molecule has 0 radical (unpaired) electrons. The van der Waals surface area contributed by atoms with E-state index >= 15 is 0 Å². The molecule has 1 fully saturated rings. The number of methoxy groups -OCH3 is 2. The van der Waals surface area contributed by atoms with Gasteiger partial charge < -0.3 is 24.4 Å². The van der Waals surface area contributed by atoms with Crippen LogP contribution >= 0.6 is 0 Å². The molecule has 0 unspecified atom stereocenters. The van der Waals surface area contributed by atoms with E-state index < -0.39 is 11.7 Å². The summed E-state index contributed by atoms with van der Waals surface area (Å²) in [5.41, 5.74) is 2.00. The zero-order valence-corrected chi connectivity index (χ0v) is 20.7. The summed E-state index contributed by atoms with van der Waals surface area (Å²) >= 11 is 0. The highest BCUT2D eigenvalue weighted by molar-refractivity contribution is 5.79. The molecule has 0 saturated carbocycles. The lowest BCUT2D eigenvalue weighted by molar-refractivity contribution is -0.135. The Morgan fingerprint density at radius 2 is 1.53 bits per heavy atom. The summed E-state index contributed by atoms with van der Waals surface area (Å²) in [7, 11) is 3.23. The Hall–Kier alpha value is -4.00. The Bertz CT molecular complexity index is 1160. The molecule has 36 heavy (non-hydrogen) atoms. The Labute approximate surface area is 212 Å². The van der Waals surface area contributed by atoms with Gasteiger partial charge in [0.2, 0.25) is 5.91 Å². The maximum atomic E-state index is 13.0. The predicted octanol–water partition coefficient (Wildman–Crippen LogP) is 4.69. The van der Waals surface area contributed by atoms with Gasteiger partial charge in [-0.1, -0.05) is 54.6 Å². The normalized spacial score (nSPS) is 14.6. The van der Waals surface area contributed by atoms with Crippen molar-refractivity contribution in [2.24, 2.45) is 0 Å². The average Bonchev–Trinajstić information content (AvgIpc) is 2.93. The molecule has 0 spiro atoms. The lowest BCUT2D eigenvalue weighted by atomic mass is 9.84. The number of rotatable bonds is 8. The minimum Gasteiger partial charge on any atom is -0.497 e. The van der Waals surface area contributed by atoms with Crippen LogP contribution in [0.4, 0.5) is 4.79 Å². The van der Waals surface area contributed by atoms with Crippen LogP contribution in [-0.4, -0.2) is 44.2 Å². The van der Waals surface area contributed by atoms with E-state index in [1.807, 2.05) is 83.8 Å². The van der Waals surface area contributed by atoms with Crippen LogP contribution < -0.4 is 14.8 Å². The zero-order chi connectivity index (χ0) is 25.4. The number of nitrogens with zero attached hydrogens (tertiary/aromatic N) is 1. The van der Waals surface area contributed by atoms with Crippen molar-refractivity contribution in [3.05, 3.63) is 95.6 Å². The first kappa shape index (κ1) is 25.1. The number of nitrogens with one attached hydrogen (secondary N) is 1. The number of benzene rings is 3. The molecule has 1 aliphatic rings. The van der Waals surface area contributed by atoms with Crippen molar-refractivity contribution < 1.29 is 23.8 Å². The third kappa shape index (κ3) is 6.16. The highest BCUT2D eigenvalue weighted by Crippen LogP contribution is 2.37. The lowest BCUT2D eigenvalue weighted by Crippen LogP contribution is -2.48. The number of ether oxygens (including phenoxy) is 3. The summed E-state index contributed by atoms with van der Waals surface area (Å²) in [5.74, 6) is 1.54. The van der Waals surface area contributed by atoms with Gasteiger partial charge in [-0.25, -0.2) is 4.79 Å². The number of likely N-dealkylation sites (tertiary alicyclic amines) is 1. The summed E-state index contributed by atoms with van der Waals surface area (Å²) < 4.78 is 16.5. The number of carbonyl (C=O) groups is 2. The Kier molecular flexibility index (Phi) is 8.10. The van der Waals surface area contributed by atoms with Gasteiger partial charge in [0.25, 0.3) is 0 Å². The van der Waals surface area contributed by atoms with Crippen LogP contribution in [0.2, 0.25) is 0 Å². The molecular weight excluding hydrogens is 456 g/mol. The van der Waals surface area contributed by atoms with Crippen molar-refractivity contribution in [2.45, 2.75) is 31.4 Å². The standard InChI is InChI=1S/C29H32N2O5/c1-34-25-13-11-22(12-14-25)21-30-28(33)36-29(24-8-4-3-5-9-24)15-17-31(18-16-29)27(32)20-23-7-6-10-26(19-23)35-2/h3-14,19H,15-18,20-21H2,1-2H3,(H,30,33). The average molecular weight is 489 g/mol. The Balaban J connectivity index is 1.40. The van der Waals surface area contributed by atoms with Gasteiger partial charge in [0.15, 0.2) is 0 Å². The molecule has 0 bridgehead atoms. The third-order valence-electron chi connectivity index (χ3n) is 6.60. The monoisotopic (exact) mass is 488 g/mol. The molecule has 188 valence electrons. The Morgan fingerprint density at radius 3 is 2.19 bits per heavy atom. The van der Waals surface area contributed by atoms with Crippen molar-refractivity contribution in [3.8, 4) is 11.5 Å². The van der Waals surface area contributed by atoms with Crippen LogP contribution in [0.5, 0.6) is 11.5 Å². The molecule has 2 amide bonds. The molecular formula is C29H32N2O5. The maximum Gasteiger partial charge on any atom is 0.408 e. The fourth-order valence-corrected chi connectivity index (χ4v) is 4.51. The molecule has 1 heterocycles. The molecule has 0 aliphatic carbocycles. The smallest absolute Gasteiger partial charge is 0.408 e. The van der Waals surface area contributed by atoms with Crippen molar-refractivity contribution in [1.82, 2.24) is 10.2 Å². The molecule has 7 nitrogen and oxygen atoms in total. The number of alkyl carbamates (subject to hydrolysis) is 1. The summed E-state index contributed by atoms with van der Waals surface area (Å²) in [6.07, 6.45) is 0.873. The molecule has 1 saturated heterocycles. The molecule has 3 aromatic carbocycles. The van der Waals surface area contributed by atoms with Gasteiger partial charge in [-0.05, 0) is 41.0 Å². The molecule has 0 aromatic heterocycles. The number of amides is 2. The topological polar surface area (TPSA) is 77.1 Å². The summed E-state index contributed by atoms with van der Waals surface area (Å²) in [5, 5.41) is 2.86. The fourth-order valence-electron chi connectivity index (χ4n) is 4.51. The largest absolute Gasteiger partial charge is 0.497 e. The molecule has 4 rings (SSSR count). The maximum absolute atomic E-state index is 13.0. The van der Waals surface area contributed by atoms with Gasteiger partial charge in [-0.2, -0.15) is 0 Å². The second-order valence-corrected chi connectivity index (χ2v) is 8.86. The third-order valence-corrected chi connectivity index (χ3v) is 6.60. The summed E-state index contributed by atoms with van der Waals surface area (Å²) in [4.78, 5) is 27.7. The van der Waals surface area contributed by atoms with E-state index in [1.165, 1.54) is 0 Å². The molecule has 0 atom stereocenters. The van der Waals surface area contributed by atoms with Crippen LogP contribution in [0.15, 0.2) is 78.9 Å². The number of hydrogen-bond donors (Lipinski definition) is 1. The highest BCUT2D eigenvalue weighted by atomic mass is 16.6. The minimum absolute atomic E-state index is 0.0499. The van der Waals surface area contributed by atoms with Crippen LogP contribution in [0.3, 0.4) is 0 Å². The van der Waals surface area contributed by atoms with Gasteiger partial charge in [0.1, 0.15) is 17.1 Å². The summed E-state index contributed by atoms with van der Waals surface area (Å²) in [6, 6.07) is 24.8. The minimum atomic E-state index is -0.794. The highest BCUT2D eigenvalue weighted by Gasteiger charge is 2.41.